The third kappa shape index (κ3) is 5.35. The Bertz CT molecular complexity index is 1560. The third-order valence-corrected chi connectivity index (χ3v) is 14.1. The van der Waals surface area contributed by atoms with Gasteiger partial charge in [0.05, 0.1) is 19.0 Å². The molecule has 4 N–H and O–H groups in total. The number of rotatable bonds is 7. The van der Waals surface area contributed by atoms with E-state index < -0.39 is 24.5 Å². The lowest BCUT2D eigenvalue weighted by Gasteiger charge is -2.61. The van der Waals surface area contributed by atoms with Crippen molar-refractivity contribution in [3.63, 3.8) is 0 Å². The summed E-state index contributed by atoms with van der Waals surface area (Å²) in [6, 6.07) is 0. The van der Waals surface area contributed by atoms with Crippen molar-refractivity contribution in [2.75, 3.05) is 12.3 Å². The summed E-state index contributed by atoms with van der Waals surface area (Å²) in [5.74, 6) is 6.31. The maximum atomic E-state index is 13.4. The summed E-state index contributed by atoms with van der Waals surface area (Å²) in [6.45, 7) is 6.90. The zero-order valence-corrected chi connectivity index (χ0v) is 28.7. The molecule has 2 unspecified atom stereocenters. The number of nitrogens with zero attached hydrogens (tertiary/aromatic N) is 4. The predicted molar refractivity (Wildman–Crippen MR) is 178 cm³/mol. The number of halogens is 1. The summed E-state index contributed by atoms with van der Waals surface area (Å²) in [7, 11) is 0. The number of aliphatic hydroxyl groups excluding tert-OH is 2. The number of carbonyl (C=O) groups is 1. The Kier molecular flexibility index (Phi) is 8.55. The van der Waals surface area contributed by atoms with Crippen molar-refractivity contribution in [2.24, 2.45) is 46.3 Å². The van der Waals surface area contributed by atoms with Crippen LogP contribution in [0.1, 0.15) is 104 Å². The lowest BCUT2D eigenvalue weighted by atomic mass is 9.44. The summed E-state index contributed by atoms with van der Waals surface area (Å²) >= 11 is 6.05. The second-order valence-corrected chi connectivity index (χ2v) is 16.3. The van der Waals surface area contributed by atoms with Crippen molar-refractivity contribution < 1.29 is 24.5 Å². The molecule has 12 atom stereocenters. The van der Waals surface area contributed by atoms with Gasteiger partial charge in [-0.1, -0.05) is 26.7 Å². The molecule has 2 aromatic heterocycles. The van der Waals surface area contributed by atoms with E-state index in [9.17, 15) is 15.0 Å². The molecule has 1 aliphatic heterocycles. The van der Waals surface area contributed by atoms with Crippen molar-refractivity contribution in [1.29, 1.82) is 0 Å². The van der Waals surface area contributed by atoms with Gasteiger partial charge >= 0.3 is 5.97 Å². The zero-order valence-electron chi connectivity index (χ0n) is 27.9. The van der Waals surface area contributed by atoms with Crippen LogP contribution in [0.5, 0.6) is 0 Å². The van der Waals surface area contributed by atoms with Crippen LogP contribution in [0.3, 0.4) is 0 Å². The summed E-state index contributed by atoms with van der Waals surface area (Å²) in [6.07, 6.45) is 17.7. The highest BCUT2D eigenvalue weighted by Gasteiger charge is 2.60. The molecule has 0 bridgehead atoms. The number of ether oxygens (including phenoxy) is 2. The highest BCUT2D eigenvalue weighted by Crippen LogP contribution is 2.68. The highest BCUT2D eigenvalue weighted by atomic mass is 35.5. The smallest absolute Gasteiger partial charge is 0.306 e. The van der Waals surface area contributed by atoms with Crippen LogP contribution in [-0.2, 0) is 14.3 Å². The normalized spacial score (nSPS) is 41.9. The monoisotopic (exact) mass is 667 g/mol. The average molecular weight is 668 g/mol. The van der Waals surface area contributed by atoms with Crippen molar-refractivity contribution in [2.45, 2.75) is 122 Å². The Morgan fingerprint density at radius 1 is 1.17 bits per heavy atom. The number of imidazole rings is 1. The van der Waals surface area contributed by atoms with Crippen LogP contribution in [0.15, 0.2) is 6.33 Å². The van der Waals surface area contributed by atoms with Gasteiger partial charge in [0.1, 0.15) is 17.8 Å². The Morgan fingerprint density at radius 2 is 1.94 bits per heavy atom. The predicted octanol–water partition coefficient (Wildman–Crippen LogP) is 5.69. The standard InChI is InChI=1S/C36H50ClN5O5/c1-5-36(18-43)27(17-28(47-36)42-19-39-30-31(38)40-33(37)41-32(30)42)46-29(45)11-6-20(2)24-9-10-25-23-8-7-21-16-22(44)12-14-34(21,3)26(23)13-15-35(24,25)4/h1,19-28,43-44H,6-18H2,2-4H3,(H2,38,40,41)/t20-,21-,22-,23+,24-,25?,26?,27+,28-,34+,35-,36-/m1/s1. The quantitative estimate of drug-likeness (QED) is 0.192. The first-order chi connectivity index (χ1) is 22.4. The second kappa shape index (κ2) is 12.2. The minimum atomic E-state index is -1.50. The van der Waals surface area contributed by atoms with E-state index in [-0.39, 0.29) is 36.0 Å². The second-order valence-electron chi connectivity index (χ2n) is 16.0. The molecule has 4 saturated carbocycles. The summed E-state index contributed by atoms with van der Waals surface area (Å²) < 4.78 is 13.8. The molecule has 0 amide bonds. The van der Waals surface area contributed by atoms with E-state index in [1.807, 2.05) is 0 Å². The van der Waals surface area contributed by atoms with Gasteiger partial charge in [-0.15, -0.1) is 6.42 Å². The van der Waals surface area contributed by atoms with Crippen molar-refractivity contribution in [3.8, 4) is 12.3 Å². The number of aliphatic hydroxyl groups is 2. The molecule has 256 valence electrons. The van der Waals surface area contributed by atoms with Gasteiger partial charge in [-0.25, -0.2) is 4.98 Å². The van der Waals surface area contributed by atoms with E-state index in [1.54, 1.807) is 4.57 Å². The molecule has 5 aliphatic rings. The topological polar surface area (TPSA) is 146 Å². The van der Waals surface area contributed by atoms with Crippen LogP contribution in [-0.4, -0.2) is 60.1 Å². The molecule has 7 rings (SSSR count). The molecule has 3 heterocycles. The number of terminal acetylenes is 1. The summed E-state index contributed by atoms with van der Waals surface area (Å²) in [5, 5.41) is 20.7. The van der Waals surface area contributed by atoms with Gasteiger partial charge in [0.15, 0.2) is 17.1 Å². The van der Waals surface area contributed by atoms with Crippen LogP contribution < -0.4 is 5.73 Å². The Labute approximate surface area is 282 Å². The maximum Gasteiger partial charge on any atom is 0.306 e. The number of hydrogen-bond donors (Lipinski definition) is 3. The van der Waals surface area contributed by atoms with Gasteiger partial charge in [-0.3, -0.25) is 9.36 Å². The first-order valence-electron chi connectivity index (χ1n) is 17.7. The van der Waals surface area contributed by atoms with Gasteiger partial charge in [0, 0.05) is 12.8 Å². The number of aromatic nitrogens is 4. The number of carbonyl (C=O) groups excluding carboxylic acids is 1. The Hall–Kier alpha value is -2.45. The molecule has 1 saturated heterocycles. The van der Waals surface area contributed by atoms with Gasteiger partial charge in [-0.2, -0.15) is 9.97 Å². The van der Waals surface area contributed by atoms with E-state index in [2.05, 4.69) is 41.6 Å². The number of anilines is 1. The van der Waals surface area contributed by atoms with E-state index in [0.29, 0.717) is 39.7 Å². The lowest BCUT2D eigenvalue weighted by molar-refractivity contribution is -0.159. The van der Waals surface area contributed by atoms with Crippen LogP contribution in [0.25, 0.3) is 11.2 Å². The molecular formula is C36H50ClN5O5. The highest BCUT2D eigenvalue weighted by molar-refractivity contribution is 6.28. The average Bonchev–Trinajstić information content (AvgIpc) is 3.73. The van der Waals surface area contributed by atoms with E-state index in [4.69, 9.17) is 33.2 Å². The number of nitrogens with two attached hydrogens (primary N) is 1. The molecule has 0 aromatic carbocycles. The van der Waals surface area contributed by atoms with Crippen molar-refractivity contribution >= 4 is 34.6 Å². The number of nitrogen functional groups attached to an aromatic ring is 1. The number of esters is 1. The molecule has 0 spiro atoms. The SMILES string of the molecule is C#C[C@]1(CO)O[C@@H](n2cnc3c(N)nc(Cl)nc32)C[C@@H]1OC(=O)CC[C@@H](C)[C@H]1CCC2[C@@H]3CC[C@@H]4C[C@H](O)CC[C@]4(C)C3CC[C@@]21C. The maximum absolute atomic E-state index is 13.4. The fourth-order valence-electron chi connectivity index (χ4n) is 11.5. The number of hydrogen-bond acceptors (Lipinski definition) is 9. The van der Waals surface area contributed by atoms with Crippen molar-refractivity contribution in [3.05, 3.63) is 11.6 Å². The van der Waals surface area contributed by atoms with Gasteiger partial charge in [0.2, 0.25) is 5.28 Å². The van der Waals surface area contributed by atoms with Crippen molar-refractivity contribution in [1.82, 2.24) is 19.5 Å². The lowest BCUT2D eigenvalue weighted by Crippen LogP contribution is -2.54. The first kappa shape index (κ1) is 33.1. The van der Waals surface area contributed by atoms with Crippen LogP contribution in [0, 0.1) is 58.7 Å². The van der Waals surface area contributed by atoms with Gasteiger partial charge in [-0.05, 0) is 122 Å². The zero-order chi connectivity index (χ0) is 33.3. The Balaban J connectivity index is 0.989. The van der Waals surface area contributed by atoms with Gasteiger partial charge in [0.25, 0.3) is 0 Å². The molecule has 10 nitrogen and oxygen atoms in total. The summed E-state index contributed by atoms with van der Waals surface area (Å²) in [4.78, 5) is 25.9. The largest absolute Gasteiger partial charge is 0.458 e. The van der Waals surface area contributed by atoms with E-state index in [1.165, 1.54) is 51.3 Å². The minimum Gasteiger partial charge on any atom is -0.458 e. The Morgan fingerprint density at radius 3 is 2.70 bits per heavy atom. The molecule has 11 heteroatoms. The fraction of sp³-hybridized carbons (Fsp3) is 0.778. The minimum absolute atomic E-state index is 0.0284. The van der Waals surface area contributed by atoms with Gasteiger partial charge < -0.3 is 25.4 Å². The fourth-order valence-corrected chi connectivity index (χ4v) is 11.6. The summed E-state index contributed by atoms with van der Waals surface area (Å²) in [5.41, 5.74) is 5.89. The van der Waals surface area contributed by atoms with Crippen LogP contribution in [0.2, 0.25) is 5.28 Å². The van der Waals surface area contributed by atoms with E-state index in [0.717, 1.165) is 37.0 Å². The van der Waals surface area contributed by atoms with Crippen LogP contribution >= 0.6 is 11.6 Å². The molecule has 4 aliphatic carbocycles. The van der Waals surface area contributed by atoms with Crippen LogP contribution in [0.4, 0.5) is 5.82 Å². The molecule has 5 fully saturated rings. The molecule has 47 heavy (non-hydrogen) atoms. The third-order valence-electron chi connectivity index (χ3n) is 14.0. The van der Waals surface area contributed by atoms with E-state index >= 15 is 0 Å². The molecular weight excluding hydrogens is 618 g/mol. The number of fused-ring (bicyclic) bond motifs is 6. The first-order valence-corrected chi connectivity index (χ1v) is 18.1. The molecule has 0 radical (unpaired) electrons. The molecule has 2 aromatic rings.